The molecule has 1 amide bonds. The van der Waals surface area contributed by atoms with E-state index in [4.69, 9.17) is 4.42 Å². The summed E-state index contributed by atoms with van der Waals surface area (Å²) in [6.45, 7) is 2.08. The van der Waals surface area contributed by atoms with E-state index in [2.05, 4.69) is 15.9 Å². The lowest BCUT2D eigenvalue weighted by Gasteiger charge is -2.17. The van der Waals surface area contributed by atoms with Crippen molar-refractivity contribution < 1.29 is 13.6 Å². The number of rotatable bonds is 3. The minimum atomic E-state index is -0.341. The molecule has 0 fully saturated rings. The van der Waals surface area contributed by atoms with Gasteiger partial charge in [0.2, 0.25) is 0 Å². The molecule has 0 bridgehead atoms. The summed E-state index contributed by atoms with van der Waals surface area (Å²) >= 11 is 3.21. The van der Waals surface area contributed by atoms with Gasteiger partial charge >= 0.3 is 0 Å². The van der Waals surface area contributed by atoms with Crippen LogP contribution in [-0.4, -0.2) is 17.9 Å². The molecule has 1 aromatic heterocycles. The normalized spacial score (nSPS) is 10.5. The zero-order valence-electron chi connectivity index (χ0n) is 10.6. The number of nitrogens with zero attached hydrogens (tertiary/aromatic N) is 1. The van der Waals surface area contributed by atoms with Gasteiger partial charge < -0.3 is 9.32 Å². The van der Waals surface area contributed by atoms with Gasteiger partial charge in [0.1, 0.15) is 11.6 Å². The van der Waals surface area contributed by atoms with Crippen LogP contribution in [0.4, 0.5) is 4.39 Å². The highest BCUT2D eigenvalue weighted by atomic mass is 79.9. The second-order valence-electron chi connectivity index (χ2n) is 4.33. The van der Waals surface area contributed by atoms with Crippen LogP contribution in [0, 0.1) is 12.7 Å². The van der Waals surface area contributed by atoms with E-state index in [9.17, 15) is 9.18 Å². The Kier molecular flexibility index (Phi) is 4.04. The first-order chi connectivity index (χ1) is 8.97. The van der Waals surface area contributed by atoms with E-state index in [0.29, 0.717) is 28.1 Å². The van der Waals surface area contributed by atoms with Crippen LogP contribution in [0.2, 0.25) is 0 Å². The number of amides is 1. The predicted octanol–water partition coefficient (Wildman–Crippen LogP) is 3.76. The number of furan rings is 1. The maximum absolute atomic E-state index is 13.0. The zero-order chi connectivity index (χ0) is 14.0. The third-order valence-electron chi connectivity index (χ3n) is 2.79. The van der Waals surface area contributed by atoms with Crippen LogP contribution in [0.5, 0.6) is 0 Å². The molecule has 100 valence electrons. The molecule has 19 heavy (non-hydrogen) atoms. The van der Waals surface area contributed by atoms with E-state index in [-0.39, 0.29) is 11.7 Å². The minimum Gasteiger partial charge on any atom is -0.452 e. The Hall–Kier alpha value is -1.62. The standard InChI is InChI=1S/C14H13BrFNO2/c1-9-7-10(16)3-5-12(9)14(18)17(2)8-11-4-6-13(15)19-11/h3-7H,8H2,1-2H3. The summed E-state index contributed by atoms with van der Waals surface area (Å²) in [5.74, 6) is 0.180. The molecule has 0 saturated heterocycles. The Labute approximate surface area is 119 Å². The van der Waals surface area contributed by atoms with E-state index >= 15 is 0 Å². The molecule has 1 aromatic carbocycles. The highest BCUT2D eigenvalue weighted by Gasteiger charge is 2.16. The summed E-state index contributed by atoms with van der Waals surface area (Å²) in [7, 11) is 1.68. The van der Waals surface area contributed by atoms with Crippen molar-refractivity contribution in [2.24, 2.45) is 0 Å². The lowest BCUT2D eigenvalue weighted by Crippen LogP contribution is -2.26. The summed E-state index contributed by atoms with van der Waals surface area (Å²) in [6.07, 6.45) is 0. The second kappa shape index (κ2) is 5.57. The van der Waals surface area contributed by atoms with Crippen molar-refractivity contribution in [3.8, 4) is 0 Å². The average Bonchev–Trinajstić information content (AvgIpc) is 2.74. The first kappa shape index (κ1) is 13.8. The van der Waals surface area contributed by atoms with Gasteiger partial charge in [0.05, 0.1) is 6.54 Å². The first-order valence-electron chi connectivity index (χ1n) is 5.73. The molecule has 0 spiro atoms. The molecule has 2 rings (SSSR count). The third kappa shape index (κ3) is 3.23. The number of aryl methyl sites for hydroxylation is 1. The zero-order valence-corrected chi connectivity index (χ0v) is 12.2. The molecule has 0 aliphatic carbocycles. The highest BCUT2D eigenvalue weighted by molar-refractivity contribution is 9.10. The fourth-order valence-corrected chi connectivity index (χ4v) is 2.16. The molecule has 0 saturated carbocycles. The first-order valence-corrected chi connectivity index (χ1v) is 6.52. The molecule has 0 N–H and O–H groups in total. The number of carbonyl (C=O) groups excluding carboxylic acids is 1. The van der Waals surface area contributed by atoms with E-state index in [0.717, 1.165) is 0 Å². The monoisotopic (exact) mass is 325 g/mol. The quantitative estimate of drug-likeness (QED) is 0.860. The van der Waals surface area contributed by atoms with E-state index < -0.39 is 0 Å². The van der Waals surface area contributed by atoms with Gasteiger partial charge in [-0.05, 0) is 58.7 Å². The predicted molar refractivity (Wildman–Crippen MR) is 73.3 cm³/mol. The van der Waals surface area contributed by atoms with Gasteiger partial charge in [-0.3, -0.25) is 4.79 Å². The fourth-order valence-electron chi connectivity index (χ4n) is 1.81. The van der Waals surface area contributed by atoms with Crippen molar-refractivity contribution >= 4 is 21.8 Å². The molecule has 0 aliphatic heterocycles. The Morgan fingerprint density at radius 2 is 2.11 bits per heavy atom. The third-order valence-corrected chi connectivity index (χ3v) is 3.21. The maximum Gasteiger partial charge on any atom is 0.254 e. The molecule has 1 heterocycles. The van der Waals surface area contributed by atoms with Crippen molar-refractivity contribution in [1.82, 2.24) is 4.90 Å². The Balaban J connectivity index is 2.14. The topological polar surface area (TPSA) is 33.5 Å². The molecule has 0 radical (unpaired) electrons. The van der Waals surface area contributed by atoms with Gasteiger partial charge in [-0.2, -0.15) is 0 Å². The summed E-state index contributed by atoms with van der Waals surface area (Å²) in [4.78, 5) is 13.8. The van der Waals surface area contributed by atoms with Crippen molar-refractivity contribution in [1.29, 1.82) is 0 Å². The van der Waals surface area contributed by atoms with Crippen molar-refractivity contribution in [2.75, 3.05) is 7.05 Å². The van der Waals surface area contributed by atoms with E-state index in [1.165, 1.54) is 23.1 Å². The molecule has 2 aromatic rings. The minimum absolute atomic E-state index is 0.162. The Morgan fingerprint density at radius 1 is 1.37 bits per heavy atom. The molecule has 5 heteroatoms. The number of halogens is 2. The van der Waals surface area contributed by atoms with E-state index in [1.807, 2.05) is 0 Å². The van der Waals surface area contributed by atoms with Crippen LogP contribution in [0.3, 0.4) is 0 Å². The molecular weight excluding hydrogens is 313 g/mol. The van der Waals surface area contributed by atoms with E-state index in [1.54, 1.807) is 26.1 Å². The van der Waals surface area contributed by atoms with Crippen LogP contribution < -0.4 is 0 Å². The van der Waals surface area contributed by atoms with Crippen LogP contribution in [0.1, 0.15) is 21.7 Å². The molecule has 0 atom stereocenters. The van der Waals surface area contributed by atoms with Crippen LogP contribution in [0.15, 0.2) is 39.4 Å². The summed E-state index contributed by atoms with van der Waals surface area (Å²) in [5, 5.41) is 0. The van der Waals surface area contributed by atoms with Gasteiger partial charge in [-0.1, -0.05) is 0 Å². The molecule has 0 aliphatic rings. The van der Waals surface area contributed by atoms with Crippen molar-refractivity contribution in [3.05, 3.63) is 57.7 Å². The average molecular weight is 326 g/mol. The van der Waals surface area contributed by atoms with Gasteiger partial charge in [0.25, 0.3) is 5.91 Å². The van der Waals surface area contributed by atoms with Gasteiger partial charge in [-0.25, -0.2) is 4.39 Å². The molecule has 3 nitrogen and oxygen atoms in total. The number of benzene rings is 1. The maximum atomic E-state index is 13.0. The van der Waals surface area contributed by atoms with Crippen LogP contribution >= 0.6 is 15.9 Å². The van der Waals surface area contributed by atoms with Crippen LogP contribution in [0.25, 0.3) is 0 Å². The van der Waals surface area contributed by atoms with Gasteiger partial charge in [0.15, 0.2) is 4.67 Å². The van der Waals surface area contributed by atoms with Gasteiger partial charge in [-0.15, -0.1) is 0 Å². The lowest BCUT2D eigenvalue weighted by atomic mass is 10.1. The Morgan fingerprint density at radius 3 is 2.68 bits per heavy atom. The summed E-state index contributed by atoms with van der Waals surface area (Å²) in [5.41, 5.74) is 1.12. The lowest BCUT2D eigenvalue weighted by molar-refractivity contribution is 0.0774. The number of hydrogen-bond acceptors (Lipinski definition) is 2. The smallest absolute Gasteiger partial charge is 0.254 e. The van der Waals surface area contributed by atoms with Gasteiger partial charge in [0, 0.05) is 12.6 Å². The highest BCUT2D eigenvalue weighted by Crippen LogP contribution is 2.17. The molecule has 0 unspecified atom stereocenters. The van der Waals surface area contributed by atoms with Crippen LogP contribution in [-0.2, 0) is 6.54 Å². The van der Waals surface area contributed by atoms with Crippen molar-refractivity contribution in [2.45, 2.75) is 13.5 Å². The summed E-state index contributed by atoms with van der Waals surface area (Å²) < 4.78 is 19.0. The number of carbonyl (C=O) groups is 1. The SMILES string of the molecule is Cc1cc(F)ccc1C(=O)N(C)Cc1ccc(Br)o1. The molecular formula is C14H13BrFNO2. The number of hydrogen-bond donors (Lipinski definition) is 0. The van der Waals surface area contributed by atoms with Crippen molar-refractivity contribution in [3.63, 3.8) is 0 Å². The summed E-state index contributed by atoms with van der Waals surface area (Å²) in [6, 6.07) is 7.71. The second-order valence-corrected chi connectivity index (χ2v) is 5.11. The fraction of sp³-hybridized carbons (Fsp3) is 0.214. The largest absolute Gasteiger partial charge is 0.452 e. The Bertz CT molecular complexity index is 609.